The van der Waals surface area contributed by atoms with Crippen LogP contribution in [0.2, 0.25) is 0 Å². The molecule has 1 aliphatic carbocycles. The van der Waals surface area contributed by atoms with Crippen LogP contribution in [0, 0.1) is 0 Å². The second kappa shape index (κ2) is 12.1. The molecule has 1 atom stereocenters. The second-order valence-electron chi connectivity index (χ2n) is 9.19. The number of carbonyl (C=O) groups excluding carboxylic acids is 1. The van der Waals surface area contributed by atoms with Gasteiger partial charge in [-0.3, -0.25) is 9.80 Å². The standard InChI is InChI=1S/C27H38N4O3/c1-33-23-14-12-21(13-15-23)29-27(32)28-20-25(24-10-6-7-11-26(24)34-2)31-18-16-30(17-19-31)22-8-4-3-5-9-22/h6-7,10-15,22,25H,3-5,8-9,16-20H2,1-2H3,(H2,28,29,32). The summed E-state index contributed by atoms with van der Waals surface area (Å²) in [4.78, 5) is 17.9. The van der Waals surface area contributed by atoms with E-state index in [0.717, 1.165) is 55.0 Å². The van der Waals surface area contributed by atoms with Gasteiger partial charge in [-0.1, -0.05) is 37.5 Å². The summed E-state index contributed by atoms with van der Waals surface area (Å²) in [5.74, 6) is 1.62. The molecule has 1 saturated heterocycles. The first kappa shape index (κ1) is 24.4. The number of nitrogens with one attached hydrogen (secondary N) is 2. The number of urea groups is 1. The quantitative estimate of drug-likeness (QED) is 0.599. The van der Waals surface area contributed by atoms with Crippen molar-refractivity contribution < 1.29 is 14.3 Å². The minimum atomic E-state index is -0.217. The van der Waals surface area contributed by atoms with Crippen LogP contribution in [-0.4, -0.2) is 68.8 Å². The summed E-state index contributed by atoms with van der Waals surface area (Å²) in [5.41, 5.74) is 1.84. The number of para-hydroxylation sites is 1. The summed E-state index contributed by atoms with van der Waals surface area (Å²) in [6, 6.07) is 16.0. The zero-order valence-electron chi connectivity index (χ0n) is 20.5. The molecule has 2 amide bonds. The van der Waals surface area contributed by atoms with Gasteiger partial charge in [0.2, 0.25) is 0 Å². The molecule has 7 heteroatoms. The van der Waals surface area contributed by atoms with Crippen LogP contribution in [0.1, 0.15) is 43.7 Å². The van der Waals surface area contributed by atoms with E-state index < -0.39 is 0 Å². The Morgan fingerprint density at radius 2 is 1.65 bits per heavy atom. The number of methoxy groups -OCH3 is 2. The smallest absolute Gasteiger partial charge is 0.319 e. The molecule has 7 nitrogen and oxygen atoms in total. The molecule has 2 aliphatic rings. The maximum Gasteiger partial charge on any atom is 0.319 e. The lowest BCUT2D eigenvalue weighted by molar-refractivity contribution is 0.0559. The maximum absolute atomic E-state index is 12.7. The Hall–Kier alpha value is -2.77. The van der Waals surface area contributed by atoms with Crippen LogP contribution in [0.25, 0.3) is 0 Å². The Kier molecular flexibility index (Phi) is 8.66. The van der Waals surface area contributed by atoms with Crippen molar-refractivity contribution in [2.75, 3.05) is 52.3 Å². The highest BCUT2D eigenvalue weighted by atomic mass is 16.5. The van der Waals surface area contributed by atoms with Crippen molar-refractivity contribution >= 4 is 11.7 Å². The van der Waals surface area contributed by atoms with E-state index in [1.165, 1.54) is 32.1 Å². The van der Waals surface area contributed by atoms with E-state index in [1.54, 1.807) is 14.2 Å². The molecule has 1 saturated carbocycles. The number of nitrogens with zero attached hydrogens (tertiary/aromatic N) is 2. The van der Waals surface area contributed by atoms with Gasteiger partial charge in [-0.25, -0.2) is 4.79 Å². The molecule has 0 bridgehead atoms. The first-order chi connectivity index (χ1) is 16.7. The lowest BCUT2D eigenvalue weighted by atomic mass is 9.93. The first-order valence-corrected chi connectivity index (χ1v) is 12.5. The zero-order valence-corrected chi connectivity index (χ0v) is 20.5. The Labute approximate surface area is 203 Å². The molecule has 2 fully saturated rings. The molecule has 1 aliphatic heterocycles. The highest BCUT2D eigenvalue weighted by Crippen LogP contribution is 2.31. The average molecular weight is 467 g/mol. The third-order valence-corrected chi connectivity index (χ3v) is 7.18. The van der Waals surface area contributed by atoms with Crippen molar-refractivity contribution in [3.05, 3.63) is 54.1 Å². The van der Waals surface area contributed by atoms with Crippen LogP contribution in [0.15, 0.2) is 48.5 Å². The molecule has 0 aromatic heterocycles. The SMILES string of the molecule is COc1ccc(NC(=O)NCC(c2ccccc2OC)N2CCN(C3CCCCC3)CC2)cc1. The molecule has 1 heterocycles. The van der Waals surface area contributed by atoms with E-state index in [9.17, 15) is 4.79 Å². The van der Waals surface area contributed by atoms with Gasteiger partial charge in [0.15, 0.2) is 0 Å². The molecule has 2 aromatic rings. The molecule has 34 heavy (non-hydrogen) atoms. The molecule has 1 unspecified atom stereocenters. The highest BCUT2D eigenvalue weighted by Gasteiger charge is 2.30. The van der Waals surface area contributed by atoms with E-state index in [2.05, 4.69) is 26.5 Å². The molecule has 2 N–H and O–H groups in total. The van der Waals surface area contributed by atoms with Gasteiger partial charge in [-0.2, -0.15) is 0 Å². The second-order valence-corrected chi connectivity index (χ2v) is 9.19. The van der Waals surface area contributed by atoms with Gasteiger partial charge in [-0.05, 0) is 43.2 Å². The topological polar surface area (TPSA) is 66.1 Å². The summed E-state index contributed by atoms with van der Waals surface area (Å²) >= 11 is 0. The molecule has 0 spiro atoms. The number of piperazine rings is 1. The largest absolute Gasteiger partial charge is 0.497 e. The zero-order chi connectivity index (χ0) is 23.8. The van der Waals surface area contributed by atoms with Crippen molar-refractivity contribution in [3.8, 4) is 11.5 Å². The van der Waals surface area contributed by atoms with Crippen molar-refractivity contribution in [1.82, 2.24) is 15.1 Å². The molecular formula is C27H38N4O3. The van der Waals surface area contributed by atoms with E-state index in [-0.39, 0.29) is 12.1 Å². The van der Waals surface area contributed by atoms with Crippen molar-refractivity contribution in [2.24, 2.45) is 0 Å². The number of hydrogen-bond acceptors (Lipinski definition) is 5. The maximum atomic E-state index is 12.7. The van der Waals surface area contributed by atoms with Crippen LogP contribution < -0.4 is 20.1 Å². The molecule has 4 rings (SSSR count). The van der Waals surface area contributed by atoms with Gasteiger partial charge in [0.25, 0.3) is 0 Å². The normalized spacial score (nSPS) is 18.8. The van der Waals surface area contributed by atoms with Gasteiger partial charge < -0.3 is 20.1 Å². The van der Waals surface area contributed by atoms with Gasteiger partial charge in [0, 0.05) is 50.0 Å². The minimum Gasteiger partial charge on any atom is -0.497 e. The van der Waals surface area contributed by atoms with Crippen molar-refractivity contribution in [3.63, 3.8) is 0 Å². The van der Waals surface area contributed by atoms with E-state index in [1.807, 2.05) is 42.5 Å². The number of ether oxygens (including phenoxy) is 2. The Morgan fingerprint density at radius 1 is 0.941 bits per heavy atom. The number of anilines is 1. The number of hydrogen-bond donors (Lipinski definition) is 2. The van der Waals surface area contributed by atoms with E-state index >= 15 is 0 Å². The molecular weight excluding hydrogens is 428 g/mol. The number of carbonyl (C=O) groups is 1. The van der Waals surface area contributed by atoms with Crippen molar-refractivity contribution in [2.45, 2.75) is 44.2 Å². The number of rotatable bonds is 8. The molecule has 0 radical (unpaired) electrons. The third-order valence-electron chi connectivity index (χ3n) is 7.18. The van der Waals surface area contributed by atoms with Gasteiger partial charge in [-0.15, -0.1) is 0 Å². The summed E-state index contributed by atoms with van der Waals surface area (Å²) in [5, 5.41) is 6.01. The minimum absolute atomic E-state index is 0.0475. The average Bonchev–Trinajstić information content (AvgIpc) is 2.90. The molecule has 184 valence electrons. The number of amides is 2. The van der Waals surface area contributed by atoms with Crippen LogP contribution in [-0.2, 0) is 0 Å². The van der Waals surface area contributed by atoms with Gasteiger partial charge in [0.05, 0.1) is 20.3 Å². The van der Waals surface area contributed by atoms with Gasteiger partial charge in [0.1, 0.15) is 11.5 Å². The van der Waals surface area contributed by atoms with Crippen molar-refractivity contribution in [1.29, 1.82) is 0 Å². The van der Waals surface area contributed by atoms with Crippen LogP contribution in [0.3, 0.4) is 0 Å². The highest BCUT2D eigenvalue weighted by molar-refractivity contribution is 5.89. The lowest BCUT2D eigenvalue weighted by Gasteiger charge is -2.43. The third kappa shape index (κ3) is 6.21. The van der Waals surface area contributed by atoms with E-state index in [0.29, 0.717) is 6.54 Å². The Balaban J connectivity index is 1.40. The monoisotopic (exact) mass is 466 g/mol. The summed E-state index contributed by atoms with van der Waals surface area (Å²) in [6.45, 7) is 4.64. The first-order valence-electron chi connectivity index (χ1n) is 12.5. The molecule has 2 aromatic carbocycles. The lowest BCUT2D eigenvalue weighted by Crippen LogP contribution is -2.53. The van der Waals surface area contributed by atoms with Crippen LogP contribution in [0.4, 0.5) is 10.5 Å². The predicted octanol–water partition coefficient (Wildman–Crippen LogP) is 4.52. The predicted molar refractivity (Wildman–Crippen MR) is 136 cm³/mol. The fourth-order valence-corrected chi connectivity index (χ4v) is 5.28. The van der Waals surface area contributed by atoms with E-state index in [4.69, 9.17) is 9.47 Å². The fraction of sp³-hybridized carbons (Fsp3) is 0.519. The fourth-order valence-electron chi connectivity index (χ4n) is 5.28. The van der Waals surface area contributed by atoms with Gasteiger partial charge >= 0.3 is 6.03 Å². The summed E-state index contributed by atoms with van der Waals surface area (Å²) in [7, 11) is 3.34. The Morgan fingerprint density at radius 3 is 2.32 bits per heavy atom. The summed E-state index contributed by atoms with van der Waals surface area (Å²) in [6.07, 6.45) is 6.78. The van der Waals surface area contributed by atoms with Crippen LogP contribution >= 0.6 is 0 Å². The Bertz CT molecular complexity index is 906. The summed E-state index contributed by atoms with van der Waals surface area (Å²) < 4.78 is 10.9. The number of benzene rings is 2. The van der Waals surface area contributed by atoms with Crippen LogP contribution in [0.5, 0.6) is 11.5 Å².